The zero-order valence-electron chi connectivity index (χ0n) is 14.9. The number of rotatable bonds is 4. The third-order valence-corrected chi connectivity index (χ3v) is 5.48. The highest BCUT2D eigenvalue weighted by Gasteiger charge is 2.24. The quantitative estimate of drug-likeness (QED) is 0.450. The Balaban J connectivity index is 2.04. The Morgan fingerprint density at radius 2 is 1.96 bits per heavy atom. The molecule has 0 spiro atoms. The van der Waals surface area contributed by atoms with Crippen molar-refractivity contribution in [3.8, 4) is 5.75 Å². The van der Waals surface area contributed by atoms with Gasteiger partial charge in [-0.3, -0.25) is 10.2 Å². The fourth-order valence-corrected chi connectivity index (χ4v) is 3.84. The number of nitrogen functional groups attached to an aromatic ring is 1. The summed E-state index contributed by atoms with van der Waals surface area (Å²) in [6.07, 6.45) is 5.19. The van der Waals surface area contributed by atoms with Crippen molar-refractivity contribution >= 4 is 5.91 Å². The number of hydrazine groups is 1. The third kappa shape index (κ3) is 3.54. The second-order valence-corrected chi connectivity index (χ2v) is 7.07. The van der Waals surface area contributed by atoms with Crippen LogP contribution in [0.1, 0.15) is 69.8 Å². The summed E-state index contributed by atoms with van der Waals surface area (Å²) in [7, 11) is 0. The molecule has 1 aliphatic rings. The average molecular weight is 338 g/mol. The molecule has 1 fully saturated rings. The Bertz CT molecular complexity index is 793. The second kappa shape index (κ2) is 7.28. The molecular formula is C21H26N2O2. The normalized spacial score (nSPS) is 14.7. The molecule has 4 N–H and O–H groups in total. The Morgan fingerprint density at radius 1 is 1.24 bits per heavy atom. The number of phenols is 1. The van der Waals surface area contributed by atoms with Crippen molar-refractivity contribution in [2.75, 3.05) is 0 Å². The number of nitrogens with one attached hydrogen (secondary N) is 1. The van der Waals surface area contributed by atoms with Gasteiger partial charge in [-0.15, -0.1) is 0 Å². The molecule has 25 heavy (non-hydrogen) atoms. The largest absolute Gasteiger partial charge is 0.507 e. The minimum atomic E-state index is -0.445. The van der Waals surface area contributed by atoms with Crippen LogP contribution in [0.4, 0.5) is 0 Å². The van der Waals surface area contributed by atoms with Crippen LogP contribution in [-0.4, -0.2) is 11.0 Å². The first-order valence-electron chi connectivity index (χ1n) is 8.93. The Kier molecular flexibility index (Phi) is 5.09. The lowest BCUT2D eigenvalue weighted by Crippen LogP contribution is -2.30. The van der Waals surface area contributed by atoms with Crippen molar-refractivity contribution in [1.29, 1.82) is 0 Å². The standard InChI is InChI=1S/C21H26N2O2/c1-13-6-5-9-17(14(13)2)10-15-11-18(16-7-3-4-8-16)20(24)19(12-15)21(25)23-22/h5-6,9,11-12,16,24H,3-4,7-8,10,22H2,1-2H3,(H,23,25). The minimum Gasteiger partial charge on any atom is -0.507 e. The summed E-state index contributed by atoms with van der Waals surface area (Å²) in [4.78, 5) is 12.1. The molecular weight excluding hydrogens is 312 g/mol. The fraction of sp³-hybridized carbons (Fsp3) is 0.381. The van der Waals surface area contributed by atoms with Crippen LogP contribution in [0.2, 0.25) is 0 Å². The first kappa shape index (κ1) is 17.5. The highest BCUT2D eigenvalue weighted by atomic mass is 16.3. The number of nitrogens with two attached hydrogens (primary N) is 1. The summed E-state index contributed by atoms with van der Waals surface area (Å²) in [5.41, 5.74) is 8.11. The van der Waals surface area contributed by atoms with Crippen molar-refractivity contribution < 1.29 is 9.90 Å². The minimum absolute atomic E-state index is 0.0829. The van der Waals surface area contributed by atoms with Gasteiger partial charge in [0.1, 0.15) is 5.75 Å². The lowest BCUT2D eigenvalue weighted by Gasteiger charge is -2.17. The van der Waals surface area contributed by atoms with Gasteiger partial charge in [0, 0.05) is 0 Å². The van der Waals surface area contributed by atoms with Gasteiger partial charge in [0.2, 0.25) is 0 Å². The molecule has 2 aromatic carbocycles. The van der Waals surface area contributed by atoms with E-state index in [1.165, 1.54) is 29.5 Å². The summed E-state index contributed by atoms with van der Waals surface area (Å²) >= 11 is 0. The molecule has 0 heterocycles. The number of aryl methyl sites for hydroxylation is 1. The number of hydrogen-bond donors (Lipinski definition) is 3. The van der Waals surface area contributed by atoms with Crippen LogP contribution in [0.5, 0.6) is 5.75 Å². The number of aromatic hydroxyl groups is 1. The van der Waals surface area contributed by atoms with Gasteiger partial charge >= 0.3 is 0 Å². The first-order chi connectivity index (χ1) is 12.0. The van der Waals surface area contributed by atoms with E-state index in [0.29, 0.717) is 5.92 Å². The Labute approximate surface area is 149 Å². The molecule has 1 saturated carbocycles. The molecule has 0 aliphatic heterocycles. The van der Waals surface area contributed by atoms with E-state index in [9.17, 15) is 9.90 Å². The van der Waals surface area contributed by atoms with Crippen LogP contribution in [0.3, 0.4) is 0 Å². The van der Waals surface area contributed by atoms with E-state index >= 15 is 0 Å². The molecule has 0 atom stereocenters. The van der Waals surface area contributed by atoms with Gasteiger partial charge in [0.15, 0.2) is 0 Å². The fourth-order valence-electron chi connectivity index (χ4n) is 3.84. The molecule has 0 unspecified atom stereocenters. The number of phenolic OH excluding ortho intramolecular Hbond substituents is 1. The average Bonchev–Trinajstić information content (AvgIpc) is 3.14. The monoisotopic (exact) mass is 338 g/mol. The van der Waals surface area contributed by atoms with Gasteiger partial charge in [0.25, 0.3) is 5.91 Å². The van der Waals surface area contributed by atoms with E-state index in [1.807, 2.05) is 0 Å². The SMILES string of the molecule is Cc1cccc(Cc2cc(C(=O)NN)c(O)c(C3CCCC3)c2)c1C. The van der Waals surface area contributed by atoms with E-state index in [4.69, 9.17) is 5.84 Å². The van der Waals surface area contributed by atoms with Crippen molar-refractivity contribution in [3.05, 3.63) is 63.7 Å². The molecule has 132 valence electrons. The lowest BCUT2D eigenvalue weighted by atomic mass is 9.89. The van der Waals surface area contributed by atoms with Gasteiger partial charge < -0.3 is 5.11 Å². The molecule has 4 nitrogen and oxygen atoms in total. The van der Waals surface area contributed by atoms with Crippen molar-refractivity contribution in [3.63, 3.8) is 0 Å². The van der Waals surface area contributed by atoms with Crippen LogP contribution in [0.15, 0.2) is 30.3 Å². The summed E-state index contributed by atoms with van der Waals surface area (Å²) in [5.74, 6) is 5.27. The molecule has 0 radical (unpaired) electrons. The van der Waals surface area contributed by atoms with Crippen LogP contribution in [0.25, 0.3) is 0 Å². The summed E-state index contributed by atoms with van der Waals surface area (Å²) in [5, 5.41) is 10.6. The predicted octanol–water partition coefficient (Wildman–Crippen LogP) is 3.86. The highest BCUT2D eigenvalue weighted by Crippen LogP contribution is 2.40. The van der Waals surface area contributed by atoms with Crippen molar-refractivity contribution in [1.82, 2.24) is 5.43 Å². The smallest absolute Gasteiger partial charge is 0.268 e. The number of carbonyl (C=O) groups excluding carboxylic acids is 1. The van der Waals surface area contributed by atoms with Gasteiger partial charge in [-0.1, -0.05) is 37.1 Å². The zero-order valence-corrected chi connectivity index (χ0v) is 14.9. The first-order valence-corrected chi connectivity index (χ1v) is 8.93. The topological polar surface area (TPSA) is 75.4 Å². The maximum absolute atomic E-state index is 12.1. The maximum atomic E-state index is 12.1. The van der Waals surface area contributed by atoms with Gasteiger partial charge in [-0.2, -0.15) is 0 Å². The summed E-state index contributed by atoms with van der Waals surface area (Å²) < 4.78 is 0. The predicted molar refractivity (Wildman–Crippen MR) is 99.7 cm³/mol. The van der Waals surface area contributed by atoms with Crippen LogP contribution < -0.4 is 11.3 Å². The molecule has 3 rings (SSSR count). The van der Waals surface area contributed by atoms with Gasteiger partial charge in [-0.25, -0.2) is 5.84 Å². The molecule has 0 saturated heterocycles. The molecule has 0 bridgehead atoms. The highest BCUT2D eigenvalue weighted by molar-refractivity contribution is 5.97. The van der Waals surface area contributed by atoms with Gasteiger partial charge in [0.05, 0.1) is 5.56 Å². The maximum Gasteiger partial charge on any atom is 0.268 e. The van der Waals surface area contributed by atoms with Gasteiger partial charge in [-0.05, 0) is 72.9 Å². The lowest BCUT2D eigenvalue weighted by molar-refractivity contribution is 0.0950. The van der Waals surface area contributed by atoms with Crippen molar-refractivity contribution in [2.45, 2.75) is 51.9 Å². The van der Waals surface area contributed by atoms with E-state index in [1.54, 1.807) is 6.07 Å². The number of hydrogen-bond acceptors (Lipinski definition) is 3. The third-order valence-electron chi connectivity index (χ3n) is 5.48. The number of benzene rings is 2. The van der Waals surface area contributed by atoms with Crippen LogP contribution in [0, 0.1) is 13.8 Å². The van der Waals surface area contributed by atoms with Crippen LogP contribution >= 0.6 is 0 Å². The Hall–Kier alpha value is -2.33. The molecule has 0 aromatic heterocycles. The Morgan fingerprint density at radius 3 is 2.64 bits per heavy atom. The van der Waals surface area contributed by atoms with E-state index in [2.05, 4.69) is 43.5 Å². The number of carbonyl (C=O) groups is 1. The van der Waals surface area contributed by atoms with E-state index in [-0.39, 0.29) is 11.3 Å². The zero-order chi connectivity index (χ0) is 18.0. The second-order valence-electron chi connectivity index (χ2n) is 7.07. The molecule has 1 amide bonds. The van der Waals surface area contributed by atoms with E-state index < -0.39 is 5.91 Å². The number of amides is 1. The summed E-state index contributed by atoms with van der Waals surface area (Å²) in [6.45, 7) is 4.23. The molecule has 4 heteroatoms. The molecule has 2 aromatic rings. The van der Waals surface area contributed by atoms with Crippen LogP contribution in [-0.2, 0) is 6.42 Å². The van der Waals surface area contributed by atoms with Crippen molar-refractivity contribution in [2.24, 2.45) is 5.84 Å². The molecule has 1 aliphatic carbocycles. The summed E-state index contributed by atoms with van der Waals surface area (Å²) in [6, 6.07) is 10.1. The van der Waals surface area contributed by atoms with E-state index in [0.717, 1.165) is 30.4 Å².